The first-order chi connectivity index (χ1) is 13.5. The summed E-state index contributed by atoms with van der Waals surface area (Å²) < 4.78 is 5.67. The highest BCUT2D eigenvalue weighted by atomic mass is 35.5. The number of β-amino-alcohol motifs (C(OH)–C–C–N with tert-alkyl or cyclic N) is 1. The summed E-state index contributed by atoms with van der Waals surface area (Å²) in [5.41, 5.74) is 1.87. The molecule has 1 N–H and O–H groups in total. The predicted molar refractivity (Wildman–Crippen MR) is 113 cm³/mol. The van der Waals surface area contributed by atoms with Crippen LogP contribution >= 0.6 is 11.6 Å². The largest absolute Gasteiger partial charge is 0.491 e. The molecule has 1 heterocycles. The zero-order valence-corrected chi connectivity index (χ0v) is 16.9. The minimum Gasteiger partial charge on any atom is -0.491 e. The molecule has 2 aromatic carbocycles. The Bertz CT molecular complexity index is 756. The zero-order valence-electron chi connectivity index (χ0n) is 16.2. The van der Waals surface area contributed by atoms with Gasteiger partial charge in [0.05, 0.1) is 0 Å². The molecule has 1 aliphatic rings. The number of Topliss-reactive ketones (excluding diaryl/α,β-unsaturated/α-hetero) is 1. The molecule has 0 bridgehead atoms. The quantitative estimate of drug-likeness (QED) is 0.685. The highest BCUT2D eigenvalue weighted by Gasteiger charge is 2.19. The molecule has 0 saturated carbocycles. The molecule has 0 radical (unpaired) electrons. The first-order valence-electron chi connectivity index (χ1n) is 9.72. The fourth-order valence-electron chi connectivity index (χ4n) is 3.32. The lowest BCUT2D eigenvalue weighted by Crippen LogP contribution is -2.49. The molecule has 6 heteroatoms. The maximum Gasteiger partial charge on any atom is 0.162 e. The number of carbonyl (C=O) groups excluding carboxylic acids is 1. The van der Waals surface area contributed by atoms with Crippen molar-refractivity contribution in [3.05, 3.63) is 59.1 Å². The SMILES string of the molecule is CCC(=O)c1ccc(OC[C@@H](O)CN2CCN(c3ccc(Cl)cc3)CC2)cc1. The van der Waals surface area contributed by atoms with Gasteiger partial charge >= 0.3 is 0 Å². The number of anilines is 1. The zero-order chi connectivity index (χ0) is 19.9. The number of hydrogen-bond acceptors (Lipinski definition) is 5. The molecule has 1 fully saturated rings. The molecule has 150 valence electrons. The number of piperazine rings is 1. The van der Waals surface area contributed by atoms with E-state index >= 15 is 0 Å². The van der Waals surface area contributed by atoms with Gasteiger partial charge in [0.25, 0.3) is 0 Å². The molecule has 1 saturated heterocycles. The number of benzene rings is 2. The lowest BCUT2D eigenvalue weighted by molar-refractivity contribution is 0.0663. The Morgan fingerprint density at radius 2 is 1.71 bits per heavy atom. The van der Waals surface area contributed by atoms with E-state index in [1.165, 1.54) is 5.69 Å². The van der Waals surface area contributed by atoms with Crippen LogP contribution in [0.1, 0.15) is 23.7 Å². The molecule has 0 unspecified atom stereocenters. The molecule has 0 aliphatic carbocycles. The van der Waals surface area contributed by atoms with E-state index in [-0.39, 0.29) is 12.4 Å². The van der Waals surface area contributed by atoms with Crippen LogP contribution in [0.4, 0.5) is 5.69 Å². The normalized spacial score (nSPS) is 16.0. The Kier molecular flexibility index (Phi) is 7.31. The van der Waals surface area contributed by atoms with Gasteiger partial charge in [0.2, 0.25) is 0 Å². The molecule has 0 aromatic heterocycles. The number of ether oxygens (including phenoxy) is 1. The highest BCUT2D eigenvalue weighted by molar-refractivity contribution is 6.30. The van der Waals surface area contributed by atoms with Crippen LogP contribution in [0.25, 0.3) is 0 Å². The van der Waals surface area contributed by atoms with Crippen molar-refractivity contribution in [2.24, 2.45) is 0 Å². The van der Waals surface area contributed by atoms with Crippen LogP contribution in [0.5, 0.6) is 5.75 Å². The fraction of sp³-hybridized carbons (Fsp3) is 0.409. The topological polar surface area (TPSA) is 53.0 Å². The Morgan fingerprint density at radius 1 is 1.07 bits per heavy atom. The molecule has 1 atom stereocenters. The minimum absolute atomic E-state index is 0.115. The molecule has 28 heavy (non-hydrogen) atoms. The second kappa shape index (κ2) is 9.92. The number of rotatable bonds is 8. The third-order valence-electron chi connectivity index (χ3n) is 4.97. The van der Waals surface area contributed by atoms with Gasteiger partial charge in [-0.15, -0.1) is 0 Å². The second-order valence-electron chi connectivity index (χ2n) is 7.03. The number of aliphatic hydroxyl groups excluding tert-OH is 1. The van der Waals surface area contributed by atoms with E-state index in [9.17, 15) is 9.90 Å². The van der Waals surface area contributed by atoms with Gasteiger partial charge in [-0.1, -0.05) is 18.5 Å². The molecule has 0 amide bonds. The van der Waals surface area contributed by atoms with Gasteiger partial charge in [0.1, 0.15) is 18.5 Å². The van der Waals surface area contributed by atoms with Crippen molar-refractivity contribution in [2.75, 3.05) is 44.2 Å². The third kappa shape index (κ3) is 5.71. The molecule has 5 nitrogen and oxygen atoms in total. The van der Waals surface area contributed by atoms with E-state index in [1.54, 1.807) is 24.3 Å². The van der Waals surface area contributed by atoms with Crippen molar-refractivity contribution in [3.63, 3.8) is 0 Å². The standard InChI is InChI=1S/C22H27ClN2O3/c1-2-22(27)17-3-9-21(10-4-17)28-16-20(26)15-24-11-13-25(14-12-24)19-7-5-18(23)6-8-19/h3-10,20,26H,2,11-16H2,1H3/t20-/m0/s1. The monoisotopic (exact) mass is 402 g/mol. The summed E-state index contributed by atoms with van der Waals surface area (Å²) in [6, 6.07) is 15.0. The molecule has 2 aromatic rings. The van der Waals surface area contributed by atoms with Gasteiger partial charge in [-0.2, -0.15) is 0 Å². The average Bonchev–Trinajstić information content (AvgIpc) is 2.73. The maximum absolute atomic E-state index is 11.6. The first-order valence-corrected chi connectivity index (χ1v) is 10.1. The van der Waals surface area contributed by atoms with Crippen molar-refractivity contribution in [3.8, 4) is 5.75 Å². The van der Waals surface area contributed by atoms with E-state index in [1.807, 2.05) is 31.2 Å². The second-order valence-corrected chi connectivity index (χ2v) is 7.47. The summed E-state index contributed by atoms with van der Waals surface area (Å²) in [5, 5.41) is 11.1. The molecule has 3 rings (SSSR count). The van der Waals surface area contributed by atoms with Crippen LogP contribution in [0, 0.1) is 0 Å². The maximum atomic E-state index is 11.6. The van der Waals surface area contributed by atoms with Gasteiger partial charge < -0.3 is 14.7 Å². The van der Waals surface area contributed by atoms with E-state index in [0.717, 1.165) is 31.2 Å². The Balaban J connectivity index is 1.40. The van der Waals surface area contributed by atoms with Crippen molar-refractivity contribution in [1.29, 1.82) is 0 Å². The fourth-order valence-corrected chi connectivity index (χ4v) is 3.45. The number of hydrogen-bond donors (Lipinski definition) is 1. The number of nitrogens with zero attached hydrogens (tertiary/aromatic N) is 2. The molecule has 1 aliphatic heterocycles. The summed E-state index contributed by atoms with van der Waals surface area (Å²) in [6.45, 7) is 6.29. The average molecular weight is 403 g/mol. The summed E-state index contributed by atoms with van der Waals surface area (Å²) in [4.78, 5) is 16.2. The van der Waals surface area contributed by atoms with Crippen molar-refractivity contribution >= 4 is 23.1 Å². The molecule has 0 spiro atoms. The van der Waals surface area contributed by atoms with E-state index in [0.29, 0.717) is 24.3 Å². The Hall–Kier alpha value is -2.08. The lowest BCUT2D eigenvalue weighted by atomic mass is 10.1. The molecular formula is C22H27ClN2O3. The van der Waals surface area contributed by atoms with Gasteiger partial charge in [0.15, 0.2) is 5.78 Å². The smallest absolute Gasteiger partial charge is 0.162 e. The van der Waals surface area contributed by atoms with Gasteiger partial charge in [-0.3, -0.25) is 9.69 Å². The number of carbonyl (C=O) groups is 1. The number of aliphatic hydroxyl groups is 1. The van der Waals surface area contributed by atoms with Crippen LogP contribution in [0.2, 0.25) is 5.02 Å². The Morgan fingerprint density at radius 3 is 2.32 bits per heavy atom. The van der Waals surface area contributed by atoms with E-state index in [2.05, 4.69) is 9.80 Å². The van der Waals surface area contributed by atoms with Gasteiger partial charge in [-0.05, 0) is 48.5 Å². The van der Waals surface area contributed by atoms with Gasteiger partial charge in [-0.25, -0.2) is 0 Å². The van der Waals surface area contributed by atoms with Crippen molar-refractivity contribution in [2.45, 2.75) is 19.4 Å². The van der Waals surface area contributed by atoms with Crippen molar-refractivity contribution < 1.29 is 14.6 Å². The summed E-state index contributed by atoms with van der Waals surface area (Å²) in [5.74, 6) is 0.781. The van der Waals surface area contributed by atoms with Gasteiger partial charge in [0, 0.05) is 55.4 Å². The van der Waals surface area contributed by atoms with Crippen LogP contribution < -0.4 is 9.64 Å². The Labute approximate surface area is 171 Å². The summed E-state index contributed by atoms with van der Waals surface area (Å²) in [6.07, 6.45) is -0.0662. The summed E-state index contributed by atoms with van der Waals surface area (Å²) >= 11 is 5.95. The summed E-state index contributed by atoms with van der Waals surface area (Å²) in [7, 11) is 0. The highest BCUT2D eigenvalue weighted by Crippen LogP contribution is 2.19. The first kappa shape index (κ1) is 20.6. The minimum atomic E-state index is -0.556. The van der Waals surface area contributed by atoms with Crippen LogP contribution in [-0.2, 0) is 0 Å². The predicted octanol–water partition coefficient (Wildman–Crippen LogP) is 3.49. The van der Waals surface area contributed by atoms with E-state index < -0.39 is 6.10 Å². The number of ketones is 1. The van der Waals surface area contributed by atoms with Crippen LogP contribution in [0.3, 0.4) is 0 Å². The number of halogens is 1. The third-order valence-corrected chi connectivity index (χ3v) is 5.22. The van der Waals surface area contributed by atoms with Crippen LogP contribution in [-0.4, -0.2) is 61.2 Å². The van der Waals surface area contributed by atoms with E-state index in [4.69, 9.17) is 16.3 Å². The van der Waals surface area contributed by atoms with Crippen molar-refractivity contribution in [1.82, 2.24) is 4.90 Å². The molecular weight excluding hydrogens is 376 g/mol. The lowest BCUT2D eigenvalue weighted by Gasteiger charge is -2.36. The van der Waals surface area contributed by atoms with Crippen LogP contribution in [0.15, 0.2) is 48.5 Å².